The third-order valence-corrected chi connectivity index (χ3v) is 3.71. The highest BCUT2D eigenvalue weighted by Gasteiger charge is 2.42. The molecular formula is C13H23NO4. The normalized spacial score (nSPS) is 23.6. The lowest BCUT2D eigenvalue weighted by atomic mass is 10.0. The van der Waals surface area contributed by atoms with E-state index < -0.39 is 11.4 Å². The molecule has 2 saturated heterocycles. The van der Waals surface area contributed by atoms with Gasteiger partial charge in [0.1, 0.15) is 0 Å². The Morgan fingerprint density at radius 2 is 2.06 bits per heavy atom. The average molecular weight is 257 g/mol. The lowest BCUT2D eigenvalue weighted by Gasteiger charge is -2.39. The first-order chi connectivity index (χ1) is 8.46. The number of methoxy groups -OCH3 is 1. The highest BCUT2D eigenvalue weighted by Crippen LogP contribution is 2.30. The zero-order valence-corrected chi connectivity index (χ0v) is 11.5. The minimum absolute atomic E-state index is 0.111. The largest absolute Gasteiger partial charge is 0.378 e. The maximum absolute atomic E-state index is 12.2. The number of likely N-dealkylation sites (tertiary alicyclic amines) is 1. The number of piperidine rings is 1. The Morgan fingerprint density at radius 3 is 2.67 bits per heavy atom. The van der Waals surface area contributed by atoms with Gasteiger partial charge in [0.2, 0.25) is 5.91 Å². The van der Waals surface area contributed by atoms with Gasteiger partial charge in [0.15, 0.2) is 5.79 Å². The number of nitrogens with zero attached hydrogens (tertiary/aromatic N) is 1. The number of rotatable bonds is 3. The van der Waals surface area contributed by atoms with Crippen LogP contribution < -0.4 is 0 Å². The van der Waals surface area contributed by atoms with E-state index in [1.807, 2.05) is 18.7 Å². The molecule has 0 aliphatic carbocycles. The summed E-state index contributed by atoms with van der Waals surface area (Å²) in [6, 6.07) is 0. The van der Waals surface area contributed by atoms with Crippen LogP contribution in [0.5, 0.6) is 0 Å². The fraction of sp³-hybridized carbons (Fsp3) is 0.923. The topological polar surface area (TPSA) is 48.0 Å². The van der Waals surface area contributed by atoms with Gasteiger partial charge in [0, 0.05) is 20.1 Å². The Balaban J connectivity index is 1.94. The third kappa shape index (κ3) is 3.02. The lowest BCUT2D eigenvalue weighted by Crippen LogP contribution is -2.52. The molecule has 18 heavy (non-hydrogen) atoms. The van der Waals surface area contributed by atoms with Crippen LogP contribution in [0.3, 0.4) is 0 Å². The van der Waals surface area contributed by atoms with Gasteiger partial charge < -0.3 is 19.1 Å². The molecule has 0 bridgehead atoms. The molecule has 0 atom stereocenters. The second-order valence-electron chi connectivity index (χ2n) is 5.67. The average Bonchev–Trinajstić information content (AvgIpc) is 2.77. The third-order valence-electron chi connectivity index (χ3n) is 3.71. The first kappa shape index (κ1) is 13.8. The lowest BCUT2D eigenvalue weighted by molar-refractivity contribution is -0.194. The molecule has 0 N–H and O–H groups in total. The van der Waals surface area contributed by atoms with Gasteiger partial charge in [0.25, 0.3) is 0 Å². The number of hydrogen-bond acceptors (Lipinski definition) is 4. The molecule has 2 rings (SSSR count). The zero-order chi connectivity index (χ0) is 13.2. The Labute approximate surface area is 108 Å². The smallest absolute Gasteiger partial charge is 0.225 e. The van der Waals surface area contributed by atoms with Gasteiger partial charge in [0.05, 0.1) is 31.8 Å². The summed E-state index contributed by atoms with van der Waals surface area (Å²) in [7, 11) is 1.63. The van der Waals surface area contributed by atoms with E-state index in [1.54, 1.807) is 7.11 Å². The van der Waals surface area contributed by atoms with Crippen molar-refractivity contribution in [3.8, 4) is 0 Å². The zero-order valence-electron chi connectivity index (χ0n) is 11.5. The quantitative estimate of drug-likeness (QED) is 0.761. The van der Waals surface area contributed by atoms with Crippen LogP contribution in [-0.4, -0.2) is 55.6 Å². The highest BCUT2D eigenvalue weighted by molar-refractivity contribution is 5.77. The van der Waals surface area contributed by atoms with Crippen LogP contribution >= 0.6 is 0 Å². The van der Waals surface area contributed by atoms with Crippen LogP contribution in [0, 0.1) is 0 Å². The molecule has 0 saturated carbocycles. The molecule has 0 unspecified atom stereocenters. The van der Waals surface area contributed by atoms with E-state index in [9.17, 15) is 4.79 Å². The van der Waals surface area contributed by atoms with Crippen molar-refractivity contribution in [2.75, 3.05) is 33.4 Å². The van der Waals surface area contributed by atoms with Crippen molar-refractivity contribution in [1.82, 2.24) is 4.90 Å². The van der Waals surface area contributed by atoms with E-state index in [2.05, 4.69) is 0 Å². The molecule has 0 aromatic rings. The molecule has 0 aromatic heterocycles. The Hall–Kier alpha value is -0.650. The van der Waals surface area contributed by atoms with Crippen LogP contribution in [0.25, 0.3) is 0 Å². The maximum Gasteiger partial charge on any atom is 0.225 e. The van der Waals surface area contributed by atoms with Crippen LogP contribution in [0.1, 0.15) is 33.1 Å². The van der Waals surface area contributed by atoms with Crippen molar-refractivity contribution in [1.29, 1.82) is 0 Å². The molecule has 0 radical (unpaired) electrons. The van der Waals surface area contributed by atoms with Gasteiger partial charge in [-0.3, -0.25) is 4.79 Å². The molecule has 5 nitrogen and oxygen atoms in total. The summed E-state index contributed by atoms with van der Waals surface area (Å²) < 4.78 is 16.6. The van der Waals surface area contributed by atoms with Gasteiger partial charge in [-0.2, -0.15) is 0 Å². The number of hydrogen-bond donors (Lipinski definition) is 0. The Kier molecular flexibility index (Phi) is 3.94. The standard InChI is InChI=1S/C13H23NO4/c1-12(2,16-3)9-11(15)14-6-4-5-13(10-14)17-7-8-18-13/h4-10H2,1-3H3. The number of carbonyl (C=O) groups excluding carboxylic acids is 1. The van der Waals surface area contributed by atoms with Gasteiger partial charge >= 0.3 is 0 Å². The number of ether oxygens (including phenoxy) is 3. The molecule has 2 aliphatic heterocycles. The van der Waals surface area contributed by atoms with E-state index in [4.69, 9.17) is 14.2 Å². The molecule has 104 valence electrons. The van der Waals surface area contributed by atoms with Gasteiger partial charge in [-0.1, -0.05) is 0 Å². The van der Waals surface area contributed by atoms with Gasteiger partial charge in [-0.25, -0.2) is 0 Å². The van der Waals surface area contributed by atoms with Crippen molar-refractivity contribution in [2.45, 2.75) is 44.5 Å². The highest BCUT2D eigenvalue weighted by atomic mass is 16.7. The minimum Gasteiger partial charge on any atom is -0.378 e. The maximum atomic E-state index is 12.2. The van der Waals surface area contributed by atoms with E-state index in [1.165, 1.54) is 0 Å². The fourth-order valence-electron chi connectivity index (χ4n) is 2.48. The molecule has 2 fully saturated rings. The van der Waals surface area contributed by atoms with E-state index >= 15 is 0 Å². The molecule has 2 aliphatic rings. The second kappa shape index (κ2) is 5.15. The van der Waals surface area contributed by atoms with Crippen molar-refractivity contribution in [3.05, 3.63) is 0 Å². The van der Waals surface area contributed by atoms with Crippen LogP contribution in [0.15, 0.2) is 0 Å². The molecule has 1 spiro atoms. The predicted octanol–water partition coefficient (Wildman–Crippen LogP) is 1.17. The summed E-state index contributed by atoms with van der Waals surface area (Å²) in [6.07, 6.45) is 2.20. The summed E-state index contributed by atoms with van der Waals surface area (Å²) in [5.41, 5.74) is -0.418. The molecule has 0 aromatic carbocycles. The predicted molar refractivity (Wildman–Crippen MR) is 66.2 cm³/mol. The second-order valence-corrected chi connectivity index (χ2v) is 5.67. The molecule has 1 amide bonds. The SMILES string of the molecule is COC(C)(C)CC(=O)N1CCCC2(C1)OCCO2. The fourth-order valence-corrected chi connectivity index (χ4v) is 2.48. The van der Waals surface area contributed by atoms with Crippen molar-refractivity contribution < 1.29 is 19.0 Å². The molecule has 2 heterocycles. The Bertz CT molecular complexity index is 310. The number of carbonyl (C=O) groups is 1. The first-order valence-corrected chi connectivity index (χ1v) is 6.57. The van der Waals surface area contributed by atoms with Crippen LogP contribution in [0.4, 0.5) is 0 Å². The van der Waals surface area contributed by atoms with E-state index in [0.717, 1.165) is 19.4 Å². The minimum atomic E-state index is -0.537. The van der Waals surface area contributed by atoms with Crippen molar-refractivity contribution >= 4 is 5.91 Å². The molecule has 5 heteroatoms. The summed E-state index contributed by atoms with van der Waals surface area (Å²) in [6.45, 7) is 6.44. The van der Waals surface area contributed by atoms with Gasteiger partial charge in [-0.05, 0) is 20.3 Å². The summed E-state index contributed by atoms with van der Waals surface area (Å²) >= 11 is 0. The number of amides is 1. The van der Waals surface area contributed by atoms with Crippen LogP contribution in [0.2, 0.25) is 0 Å². The monoisotopic (exact) mass is 257 g/mol. The van der Waals surface area contributed by atoms with Crippen LogP contribution in [-0.2, 0) is 19.0 Å². The summed E-state index contributed by atoms with van der Waals surface area (Å²) in [4.78, 5) is 14.1. The van der Waals surface area contributed by atoms with Gasteiger partial charge in [-0.15, -0.1) is 0 Å². The summed E-state index contributed by atoms with van der Waals surface area (Å²) in [5, 5.41) is 0. The Morgan fingerprint density at radius 1 is 1.39 bits per heavy atom. The van der Waals surface area contributed by atoms with Crippen molar-refractivity contribution in [3.63, 3.8) is 0 Å². The first-order valence-electron chi connectivity index (χ1n) is 6.57. The summed E-state index contributed by atoms with van der Waals surface area (Å²) in [5.74, 6) is -0.425. The molecular weight excluding hydrogens is 234 g/mol. The van der Waals surface area contributed by atoms with E-state index in [0.29, 0.717) is 26.2 Å². The van der Waals surface area contributed by atoms with E-state index in [-0.39, 0.29) is 5.91 Å². The van der Waals surface area contributed by atoms with Crippen molar-refractivity contribution in [2.24, 2.45) is 0 Å².